The van der Waals surface area contributed by atoms with Crippen LogP contribution in [0.5, 0.6) is 17.2 Å². The third-order valence-corrected chi connectivity index (χ3v) is 14.8. The molecule has 5 heterocycles. The minimum absolute atomic E-state index is 0.000829. The Morgan fingerprint density at radius 2 is 1.69 bits per heavy atom. The minimum Gasteiger partial charge on any atom is -0.497 e. The zero-order valence-electron chi connectivity index (χ0n) is 42.6. The third kappa shape index (κ3) is 13.8. The molecule has 3 N–H and O–H groups in total. The largest absolute Gasteiger partial charge is 0.497 e. The molecule has 4 amide bonds. The Hall–Kier alpha value is -6.00. The van der Waals surface area contributed by atoms with Gasteiger partial charge in [-0.15, -0.1) is 11.3 Å². The lowest BCUT2D eigenvalue weighted by Gasteiger charge is -2.49. The highest BCUT2D eigenvalue weighted by Crippen LogP contribution is 2.38. The number of esters is 1. The maximum Gasteiger partial charge on any atom is 0.413 e. The van der Waals surface area contributed by atoms with Crippen LogP contribution in [0.2, 0.25) is 0 Å². The third-order valence-electron chi connectivity index (χ3n) is 11.9. The molecule has 0 bridgehead atoms. The van der Waals surface area contributed by atoms with Crippen molar-refractivity contribution in [1.29, 1.82) is 0 Å². The fourth-order valence-corrected chi connectivity index (χ4v) is 11.2. The second kappa shape index (κ2) is 24.1. The summed E-state index contributed by atoms with van der Waals surface area (Å²) in [6, 6.07) is 5.02. The number of fused-ring (bicyclic) bond motifs is 1. The van der Waals surface area contributed by atoms with E-state index in [1.54, 1.807) is 71.2 Å². The molecule has 3 unspecified atom stereocenters. The van der Waals surface area contributed by atoms with E-state index in [4.69, 9.17) is 32.8 Å². The van der Waals surface area contributed by atoms with Gasteiger partial charge in [0, 0.05) is 41.5 Å². The van der Waals surface area contributed by atoms with Crippen LogP contribution in [0.25, 0.3) is 0 Å². The van der Waals surface area contributed by atoms with Crippen LogP contribution in [0.3, 0.4) is 0 Å². The molecule has 6 rings (SSSR count). The Labute approximate surface area is 439 Å². The lowest BCUT2D eigenvalue weighted by atomic mass is 10.0. The van der Waals surface area contributed by atoms with Gasteiger partial charge < -0.3 is 52.5 Å². The number of carbonyl (C=O) groups is 6. The molecule has 2 fully saturated rings. The highest BCUT2D eigenvalue weighted by molar-refractivity contribution is 7.86. The summed E-state index contributed by atoms with van der Waals surface area (Å²) in [5.74, 6) is -3.01. The first-order valence-electron chi connectivity index (χ1n) is 23.5. The first-order valence-corrected chi connectivity index (χ1v) is 26.7. The van der Waals surface area contributed by atoms with E-state index < -0.39 is 86.4 Å². The first-order chi connectivity index (χ1) is 34.9. The molecule has 3 aromatic rings. The molecule has 402 valence electrons. The van der Waals surface area contributed by atoms with Gasteiger partial charge in [0.2, 0.25) is 11.5 Å². The number of methoxy groups -OCH3 is 2. The Morgan fingerprint density at radius 1 is 0.986 bits per heavy atom. The second-order valence-corrected chi connectivity index (χ2v) is 22.4. The maximum atomic E-state index is 14.3. The number of hydrogen-bond donors (Lipinski definition) is 3. The molecule has 6 atom stereocenters. The van der Waals surface area contributed by atoms with Crippen molar-refractivity contribution in [2.45, 2.75) is 103 Å². The molecular weight excluding hydrogens is 1040 g/mol. The van der Waals surface area contributed by atoms with E-state index in [2.05, 4.69) is 26.1 Å². The summed E-state index contributed by atoms with van der Waals surface area (Å²) in [4.78, 5) is 105. The predicted octanol–water partition coefficient (Wildman–Crippen LogP) is 3.77. The predicted molar refractivity (Wildman–Crippen MR) is 279 cm³/mol. The van der Waals surface area contributed by atoms with Gasteiger partial charge in [0.05, 0.1) is 88.6 Å². The number of nitrogens with one attached hydrogen (secondary N) is 3. The zero-order chi connectivity index (χ0) is 54.3. The summed E-state index contributed by atoms with van der Waals surface area (Å²) >= 11 is 0.929. The quantitative estimate of drug-likeness (QED) is 0.0363. The van der Waals surface area contributed by atoms with E-state index >= 15 is 0 Å². The molecule has 0 spiro atoms. The fraction of sp³-hybridized carbons (Fsp3) is 0.511. The normalized spacial score (nSPS) is 18.8. The number of benzene rings is 1. The van der Waals surface area contributed by atoms with Crippen LogP contribution < -0.4 is 35.4 Å². The molecule has 23 nitrogen and oxygen atoms in total. The number of rotatable bonds is 20. The van der Waals surface area contributed by atoms with Crippen molar-refractivity contribution in [2.24, 2.45) is 5.16 Å². The van der Waals surface area contributed by atoms with Crippen molar-refractivity contribution in [1.82, 2.24) is 25.1 Å². The summed E-state index contributed by atoms with van der Waals surface area (Å²) < 4.78 is 48.2. The minimum atomic E-state index is -1.88. The SMILES string of the molecule is CC[C@H](O/N=C(\C(=O)N[C@@H]1C(=O)N2C(C(=O)OP)=C(C[N+]3(CCNC(=O)c4cc(=O)c(OP)cn4Cc4ccc(OC)cc4OC)CCCC3)CS(=O)[C@H]12)c1csc(NC(=O)OC(C)(C)C)n1)C(=O)OC(C)(C)C. The van der Waals surface area contributed by atoms with Crippen molar-refractivity contribution >= 4 is 87.7 Å². The number of β-lactam (4-membered cyclic amide) rings is 1. The summed E-state index contributed by atoms with van der Waals surface area (Å²) in [5, 5.41) is 12.3. The molecule has 2 aromatic heterocycles. The van der Waals surface area contributed by atoms with Gasteiger partial charge in [0.25, 0.3) is 17.7 Å². The molecule has 3 aliphatic rings. The Balaban J connectivity index is 1.21. The maximum absolute atomic E-state index is 14.3. The topological polar surface area (TPSA) is 271 Å². The number of nitrogens with zero attached hydrogens (tertiary/aromatic N) is 5. The zero-order valence-corrected chi connectivity index (χ0v) is 46.5. The average Bonchev–Trinajstić information content (AvgIpc) is 4.00. The summed E-state index contributed by atoms with van der Waals surface area (Å²) in [6.45, 7) is 13.8. The van der Waals surface area contributed by atoms with Crippen molar-refractivity contribution in [3.8, 4) is 17.2 Å². The number of quaternary nitrogens is 1. The lowest BCUT2D eigenvalue weighted by molar-refractivity contribution is -0.911. The van der Waals surface area contributed by atoms with Gasteiger partial charge in [-0.2, -0.15) is 0 Å². The number of carbonyl (C=O) groups excluding carboxylic acids is 6. The second-order valence-electron chi connectivity index (χ2n) is 19.5. The number of likely N-dealkylation sites (tertiary alicyclic amines) is 1. The number of ether oxygens (including phenoxy) is 4. The molecule has 1 aromatic carbocycles. The molecular formula is C47H63N8O15P2S2+. The summed E-state index contributed by atoms with van der Waals surface area (Å²) in [7, 11) is 5.08. The highest BCUT2D eigenvalue weighted by Gasteiger charge is 2.58. The fourth-order valence-electron chi connectivity index (χ4n) is 8.54. The molecule has 27 heteroatoms. The van der Waals surface area contributed by atoms with Crippen molar-refractivity contribution in [3.05, 3.63) is 74.3 Å². The number of thiazole rings is 1. The number of pyridine rings is 1. The van der Waals surface area contributed by atoms with Crippen molar-refractivity contribution in [3.63, 3.8) is 0 Å². The van der Waals surface area contributed by atoms with Gasteiger partial charge in [-0.25, -0.2) is 19.4 Å². The number of aromatic nitrogens is 2. The average molecular weight is 1110 g/mol. The Kier molecular flexibility index (Phi) is 18.7. The van der Waals surface area contributed by atoms with Gasteiger partial charge in [-0.05, 0) is 60.1 Å². The summed E-state index contributed by atoms with van der Waals surface area (Å²) in [6.07, 6.45) is 1.10. The molecule has 0 saturated carbocycles. The lowest BCUT2D eigenvalue weighted by Crippen LogP contribution is -2.74. The molecule has 0 aliphatic carbocycles. The molecule has 2 saturated heterocycles. The number of oxime groups is 1. The number of amides is 4. The van der Waals surface area contributed by atoms with Crippen LogP contribution in [0, 0.1) is 0 Å². The van der Waals surface area contributed by atoms with Crippen molar-refractivity contribution in [2.75, 3.05) is 58.0 Å². The highest BCUT2D eigenvalue weighted by atomic mass is 32.2. The molecule has 0 radical (unpaired) electrons. The van der Waals surface area contributed by atoms with Gasteiger partial charge in [0.1, 0.15) is 57.7 Å². The van der Waals surface area contributed by atoms with E-state index in [-0.39, 0.29) is 59.8 Å². The van der Waals surface area contributed by atoms with Gasteiger partial charge in [-0.1, -0.05) is 12.1 Å². The number of anilines is 1. The van der Waals surface area contributed by atoms with Gasteiger partial charge in [-0.3, -0.25) is 33.6 Å². The number of hydrogen-bond acceptors (Lipinski definition) is 18. The summed E-state index contributed by atoms with van der Waals surface area (Å²) in [5.41, 5.74) is -1.76. The standard InChI is InChI=1S/C47H62N8O15P2S2/c1-10-32(42(60)66-46(2,3)4)68-52-35(29-24-73-44(49-29)51-45(62)67-47(5,6)7)39(58)50-36-40(59)54-37(43(61)70-72)27(25-74(63)41(36)54)23-55(16-11-12-17-55)18-15-48-38(57)30-20-31(56)34(69-71)22-53(30)21-26-13-14-28(64-8)19-33(26)65-9/h13-14,19-20,22,24,32,36,41H,10-12,15-18,21,23,25,71-72H2,1-9H3,(H2-,48,49,50,51,57,58,62)/p+1/b52-35-/t32-,36+,41+,74?/m0/s1. The van der Waals surface area contributed by atoms with E-state index in [0.717, 1.165) is 29.1 Å². The van der Waals surface area contributed by atoms with Crippen molar-refractivity contribution < 1.29 is 70.3 Å². The van der Waals surface area contributed by atoms with Gasteiger partial charge >= 0.3 is 18.0 Å². The van der Waals surface area contributed by atoms with Crippen LogP contribution in [-0.2, 0) is 55.4 Å². The molecule has 74 heavy (non-hydrogen) atoms. The van der Waals surface area contributed by atoms with Crippen LogP contribution in [0.15, 0.2) is 57.1 Å². The van der Waals surface area contributed by atoms with E-state index in [0.29, 0.717) is 46.8 Å². The van der Waals surface area contributed by atoms with E-state index in [1.807, 2.05) is 18.9 Å². The van der Waals surface area contributed by atoms with E-state index in [9.17, 15) is 37.8 Å². The van der Waals surface area contributed by atoms with Crippen LogP contribution >= 0.6 is 30.3 Å². The van der Waals surface area contributed by atoms with Crippen LogP contribution in [0.4, 0.5) is 9.93 Å². The van der Waals surface area contributed by atoms with Gasteiger partial charge in [0.15, 0.2) is 16.6 Å². The first kappa shape index (κ1) is 57.3. The monoisotopic (exact) mass is 1110 g/mol. The Morgan fingerprint density at radius 3 is 2.31 bits per heavy atom. The molecule has 3 aliphatic heterocycles. The van der Waals surface area contributed by atoms with Crippen LogP contribution in [-0.4, -0.2) is 146 Å². The van der Waals surface area contributed by atoms with Crippen LogP contribution in [0.1, 0.15) is 89.5 Å². The Bertz CT molecular complexity index is 2800. The smallest absolute Gasteiger partial charge is 0.413 e. The van der Waals surface area contributed by atoms with E-state index in [1.165, 1.54) is 31.9 Å².